The Morgan fingerprint density at radius 2 is 1.82 bits per heavy atom. The van der Waals surface area contributed by atoms with Gasteiger partial charge >= 0.3 is 29.6 Å². The number of rotatable bonds is 4. The van der Waals surface area contributed by atoms with E-state index in [4.69, 9.17) is 0 Å². The number of hydrogen-bond acceptors (Lipinski definition) is 4. The van der Waals surface area contributed by atoms with E-state index in [0.29, 0.717) is 10.9 Å². The molecule has 2 rings (SSSR count). The minimum Gasteiger partial charge on any atom is -0.744 e. The molecule has 0 atom stereocenters. The fourth-order valence-corrected chi connectivity index (χ4v) is 2.59. The molecule has 0 radical (unpaired) electrons. The van der Waals surface area contributed by atoms with Crippen molar-refractivity contribution in [1.82, 2.24) is 0 Å². The molecular weight excluding hydrogens is 381 g/mol. The Morgan fingerprint density at radius 3 is 2.45 bits per heavy atom. The summed E-state index contributed by atoms with van der Waals surface area (Å²) in [7, 11) is -4.54. The molecule has 8 heteroatoms. The minimum atomic E-state index is -4.54. The van der Waals surface area contributed by atoms with E-state index in [1.807, 2.05) is 6.07 Å². The van der Waals surface area contributed by atoms with Crippen LogP contribution in [0, 0.1) is 0 Å². The molecule has 1 N–H and O–H groups in total. The van der Waals surface area contributed by atoms with E-state index in [9.17, 15) is 17.8 Å². The van der Waals surface area contributed by atoms with Crippen LogP contribution in [-0.2, 0) is 15.4 Å². The SMILES string of the molecule is O=C(Nc1cccc(S(=O)(=O)[O-])c1)c1cccc(CBr)c1.[Na+]. The van der Waals surface area contributed by atoms with Gasteiger partial charge in [-0.15, -0.1) is 0 Å². The van der Waals surface area contributed by atoms with Crippen LogP contribution < -0.4 is 34.9 Å². The van der Waals surface area contributed by atoms with E-state index in [2.05, 4.69) is 21.2 Å². The molecule has 22 heavy (non-hydrogen) atoms. The summed E-state index contributed by atoms with van der Waals surface area (Å²) in [6.07, 6.45) is 0. The summed E-state index contributed by atoms with van der Waals surface area (Å²) in [5, 5.41) is 3.19. The fraction of sp³-hybridized carbons (Fsp3) is 0.0714. The Hall–Kier alpha value is -0.700. The molecule has 0 fully saturated rings. The summed E-state index contributed by atoms with van der Waals surface area (Å²) in [6, 6.07) is 12.2. The van der Waals surface area contributed by atoms with Crippen molar-refractivity contribution in [1.29, 1.82) is 0 Å². The van der Waals surface area contributed by atoms with Crippen LogP contribution in [-0.4, -0.2) is 18.9 Å². The van der Waals surface area contributed by atoms with Gasteiger partial charge in [0.25, 0.3) is 5.91 Å². The van der Waals surface area contributed by atoms with Gasteiger partial charge in [0.2, 0.25) is 0 Å². The number of nitrogens with one attached hydrogen (secondary N) is 1. The van der Waals surface area contributed by atoms with Crippen molar-refractivity contribution in [3.05, 3.63) is 59.7 Å². The normalized spacial score (nSPS) is 10.6. The first-order chi connectivity index (χ1) is 9.90. The first-order valence-electron chi connectivity index (χ1n) is 5.92. The third-order valence-electron chi connectivity index (χ3n) is 2.72. The van der Waals surface area contributed by atoms with E-state index >= 15 is 0 Å². The molecule has 0 aromatic heterocycles. The van der Waals surface area contributed by atoms with Crippen LogP contribution in [0.4, 0.5) is 5.69 Å². The molecular formula is C14H11BrNNaO4S. The summed E-state index contributed by atoms with van der Waals surface area (Å²) >= 11 is 3.31. The number of alkyl halides is 1. The first kappa shape index (κ1) is 19.3. The van der Waals surface area contributed by atoms with Crippen LogP contribution >= 0.6 is 15.9 Å². The van der Waals surface area contributed by atoms with Gasteiger partial charge < -0.3 is 9.87 Å². The van der Waals surface area contributed by atoms with Gasteiger partial charge in [0.05, 0.1) is 4.90 Å². The third-order valence-corrected chi connectivity index (χ3v) is 4.20. The summed E-state index contributed by atoms with van der Waals surface area (Å²) in [4.78, 5) is 11.7. The summed E-state index contributed by atoms with van der Waals surface area (Å²) in [6.45, 7) is 0. The fourth-order valence-electron chi connectivity index (χ4n) is 1.73. The van der Waals surface area contributed by atoms with E-state index in [1.165, 1.54) is 18.2 Å². The standard InChI is InChI=1S/C14H12BrNO4S.Na/c15-9-10-3-1-4-11(7-10)14(17)16-12-5-2-6-13(8-12)21(18,19)20;/h1-8H,9H2,(H,16,17)(H,18,19,20);/q;+1/p-1. The second-order valence-corrected chi connectivity index (χ2v) is 6.21. The predicted octanol–water partition coefficient (Wildman–Crippen LogP) is -0.258. The summed E-state index contributed by atoms with van der Waals surface area (Å²) in [5.74, 6) is -0.377. The summed E-state index contributed by atoms with van der Waals surface area (Å²) in [5.41, 5.74) is 1.64. The van der Waals surface area contributed by atoms with Crippen LogP contribution in [0.25, 0.3) is 0 Å². The predicted molar refractivity (Wildman–Crippen MR) is 81.4 cm³/mol. The van der Waals surface area contributed by atoms with Crippen LogP contribution in [0.3, 0.4) is 0 Å². The van der Waals surface area contributed by atoms with Crippen LogP contribution in [0.5, 0.6) is 0 Å². The topological polar surface area (TPSA) is 86.3 Å². The van der Waals surface area contributed by atoms with E-state index in [-0.39, 0.29) is 46.0 Å². The molecule has 0 aliphatic heterocycles. The number of carbonyl (C=O) groups excluding carboxylic acids is 1. The second kappa shape index (κ2) is 8.24. The van der Waals surface area contributed by atoms with Crippen molar-refractivity contribution < 1.29 is 47.3 Å². The molecule has 0 saturated heterocycles. The molecule has 2 aromatic carbocycles. The third kappa shape index (κ3) is 5.19. The maximum Gasteiger partial charge on any atom is 1.00 e. The number of carbonyl (C=O) groups is 1. The zero-order chi connectivity index (χ0) is 15.5. The molecule has 5 nitrogen and oxygen atoms in total. The Morgan fingerprint density at radius 1 is 1.14 bits per heavy atom. The Labute approximate surface area is 159 Å². The van der Waals surface area contributed by atoms with Gasteiger partial charge in [-0.2, -0.15) is 0 Å². The molecule has 1 amide bonds. The smallest absolute Gasteiger partial charge is 0.744 e. The zero-order valence-corrected chi connectivity index (χ0v) is 16.1. The minimum absolute atomic E-state index is 0. The molecule has 0 unspecified atom stereocenters. The number of benzene rings is 2. The molecule has 0 aliphatic carbocycles. The van der Waals surface area contributed by atoms with Gasteiger partial charge in [-0.1, -0.05) is 34.1 Å². The second-order valence-electron chi connectivity index (χ2n) is 4.27. The number of amides is 1. The van der Waals surface area contributed by atoms with Crippen LogP contribution in [0.1, 0.15) is 15.9 Å². The van der Waals surface area contributed by atoms with Gasteiger partial charge in [-0.05, 0) is 35.9 Å². The Bertz CT molecular complexity index is 780. The number of hydrogen-bond donors (Lipinski definition) is 1. The van der Waals surface area contributed by atoms with E-state index in [0.717, 1.165) is 11.6 Å². The van der Waals surface area contributed by atoms with Gasteiger partial charge in [-0.3, -0.25) is 4.79 Å². The first-order valence-corrected chi connectivity index (χ1v) is 8.45. The van der Waals surface area contributed by atoms with E-state index in [1.54, 1.807) is 18.2 Å². The van der Waals surface area contributed by atoms with Crippen molar-refractivity contribution in [3.8, 4) is 0 Å². The molecule has 0 heterocycles. The quantitative estimate of drug-likeness (QED) is 0.442. The van der Waals surface area contributed by atoms with Crippen LogP contribution in [0.15, 0.2) is 53.4 Å². The van der Waals surface area contributed by atoms with Crippen molar-refractivity contribution in [2.24, 2.45) is 0 Å². The average molecular weight is 392 g/mol. The molecule has 110 valence electrons. The summed E-state index contributed by atoms with van der Waals surface area (Å²) < 4.78 is 32.9. The number of anilines is 1. The van der Waals surface area contributed by atoms with Crippen LogP contribution in [0.2, 0.25) is 0 Å². The molecule has 2 aromatic rings. The van der Waals surface area contributed by atoms with Crippen molar-refractivity contribution in [3.63, 3.8) is 0 Å². The van der Waals surface area contributed by atoms with Gasteiger partial charge in [0, 0.05) is 16.6 Å². The molecule has 0 aliphatic rings. The molecule has 0 bridgehead atoms. The van der Waals surface area contributed by atoms with Crippen molar-refractivity contribution in [2.75, 3.05) is 5.32 Å². The van der Waals surface area contributed by atoms with Gasteiger partial charge in [0.1, 0.15) is 10.1 Å². The number of halogens is 1. The maximum atomic E-state index is 12.1. The molecule has 0 saturated carbocycles. The largest absolute Gasteiger partial charge is 1.00 e. The van der Waals surface area contributed by atoms with Gasteiger partial charge in [-0.25, -0.2) is 8.42 Å². The zero-order valence-electron chi connectivity index (χ0n) is 11.7. The van der Waals surface area contributed by atoms with Crippen molar-refractivity contribution in [2.45, 2.75) is 10.2 Å². The van der Waals surface area contributed by atoms with Crippen molar-refractivity contribution >= 4 is 37.6 Å². The van der Waals surface area contributed by atoms with Gasteiger partial charge in [0.15, 0.2) is 0 Å². The molecule has 0 spiro atoms. The Kier molecular flexibility index (Phi) is 7.24. The maximum absolute atomic E-state index is 12.1. The average Bonchev–Trinajstić information content (AvgIpc) is 2.46. The monoisotopic (exact) mass is 391 g/mol. The Balaban J connectivity index is 0.00000242. The van der Waals surface area contributed by atoms with E-state index < -0.39 is 10.1 Å².